The molecule has 3 aromatic rings. The third kappa shape index (κ3) is 4.01. The molecule has 0 amide bonds. The van der Waals surface area contributed by atoms with Crippen LogP contribution in [0.2, 0.25) is 0 Å². The first-order chi connectivity index (χ1) is 12.0. The van der Waals surface area contributed by atoms with Gasteiger partial charge >= 0.3 is 0 Å². The molecule has 0 saturated heterocycles. The molecule has 0 aliphatic carbocycles. The van der Waals surface area contributed by atoms with Crippen molar-refractivity contribution >= 4 is 28.8 Å². The van der Waals surface area contributed by atoms with Crippen LogP contribution in [0.25, 0.3) is 0 Å². The van der Waals surface area contributed by atoms with E-state index in [2.05, 4.69) is 40.5 Å². The minimum Gasteiger partial charge on any atom is -0.340 e. The summed E-state index contributed by atoms with van der Waals surface area (Å²) in [6.07, 6.45) is 1.50. The summed E-state index contributed by atoms with van der Waals surface area (Å²) in [5.41, 5.74) is 4.89. The van der Waals surface area contributed by atoms with Gasteiger partial charge < -0.3 is 10.6 Å². The molecule has 0 aliphatic heterocycles. The zero-order valence-corrected chi connectivity index (χ0v) is 14.5. The van der Waals surface area contributed by atoms with E-state index in [1.54, 1.807) is 13.0 Å². The Bertz CT molecular complexity index is 921. The number of anilines is 4. The first kappa shape index (κ1) is 16.6. The highest BCUT2D eigenvalue weighted by Gasteiger charge is 2.05. The highest BCUT2D eigenvalue weighted by Crippen LogP contribution is 2.23. The molecule has 0 bridgehead atoms. The Balaban J connectivity index is 1.81. The number of nitrogens with one attached hydrogen (secondary N) is 2. The van der Waals surface area contributed by atoms with Crippen LogP contribution in [0.4, 0.5) is 23.0 Å². The average Bonchev–Trinajstić information content (AvgIpc) is 2.59. The Morgan fingerprint density at radius 3 is 2.40 bits per heavy atom. The van der Waals surface area contributed by atoms with E-state index in [0.29, 0.717) is 17.2 Å². The zero-order valence-electron chi connectivity index (χ0n) is 14.5. The van der Waals surface area contributed by atoms with Crippen LogP contribution in [-0.4, -0.2) is 15.8 Å². The summed E-state index contributed by atoms with van der Waals surface area (Å²) in [6, 6.07) is 15.3. The number of hydrogen-bond acceptors (Lipinski definition) is 5. The minimum absolute atomic E-state index is 0.0311. The Morgan fingerprint density at radius 2 is 1.64 bits per heavy atom. The molecule has 0 saturated carbocycles. The summed E-state index contributed by atoms with van der Waals surface area (Å²) < 4.78 is 0. The molecule has 25 heavy (non-hydrogen) atoms. The third-order valence-electron chi connectivity index (χ3n) is 4.08. The van der Waals surface area contributed by atoms with Gasteiger partial charge in [0.25, 0.3) is 0 Å². The fourth-order valence-electron chi connectivity index (χ4n) is 2.48. The molecule has 3 rings (SSSR count). The normalized spacial score (nSPS) is 10.4. The number of ketones is 1. The van der Waals surface area contributed by atoms with Crippen molar-refractivity contribution in [1.82, 2.24) is 9.97 Å². The van der Waals surface area contributed by atoms with E-state index in [1.165, 1.54) is 17.5 Å². The highest BCUT2D eigenvalue weighted by atomic mass is 16.1. The van der Waals surface area contributed by atoms with Crippen molar-refractivity contribution in [3.8, 4) is 0 Å². The molecule has 0 radical (unpaired) electrons. The molecule has 5 heteroatoms. The van der Waals surface area contributed by atoms with Gasteiger partial charge in [0.15, 0.2) is 5.78 Å². The van der Waals surface area contributed by atoms with E-state index in [4.69, 9.17) is 0 Å². The second-order valence-electron chi connectivity index (χ2n) is 5.92. The number of aryl methyl sites for hydroxylation is 1. The summed E-state index contributed by atoms with van der Waals surface area (Å²) in [5, 5.41) is 6.53. The Morgan fingerprint density at radius 1 is 0.920 bits per heavy atom. The van der Waals surface area contributed by atoms with Gasteiger partial charge in [0, 0.05) is 23.0 Å². The summed E-state index contributed by atoms with van der Waals surface area (Å²) in [4.78, 5) is 20.0. The maximum Gasteiger partial charge on any atom is 0.159 e. The van der Waals surface area contributed by atoms with Gasteiger partial charge in [0.1, 0.15) is 18.0 Å². The molecule has 0 fully saturated rings. The number of aromatic nitrogens is 2. The number of rotatable bonds is 5. The maximum absolute atomic E-state index is 11.5. The highest BCUT2D eigenvalue weighted by molar-refractivity contribution is 5.95. The summed E-state index contributed by atoms with van der Waals surface area (Å²) in [7, 11) is 0. The molecule has 1 heterocycles. The van der Waals surface area contributed by atoms with Crippen molar-refractivity contribution in [2.24, 2.45) is 0 Å². The van der Waals surface area contributed by atoms with Crippen LogP contribution in [0, 0.1) is 13.8 Å². The summed E-state index contributed by atoms with van der Waals surface area (Å²) in [6.45, 7) is 5.71. The topological polar surface area (TPSA) is 66.9 Å². The molecule has 5 nitrogen and oxygen atoms in total. The van der Waals surface area contributed by atoms with Crippen molar-refractivity contribution in [3.05, 3.63) is 71.5 Å². The molecular weight excluding hydrogens is 312 g/mol. The molecule has 0 atom stereocenters. The molecule has 2 aromatic carbocycles. The van der Waals surface area contributed by atoms with Crippen LogP contribution in [0.5, 0.6) is 0 Å². The second-order valence-corrected chi connectivity index (χ2v) is 5.92. The van der Waals surface area contributed by atoms with Gasteiger partial charge in [0.05, 0.1) is 0 Å². The number of nitrogens with zero attached hydrogens (tertiary/aromatic N) is 2. The van der Waals surface area contributed by atoms with Gasteiger partial charge in [-0.2, -0.15) is 0 Å². The molecule has 0 unspecified atom stereocenters. The van der Waals surface area contributed by atoms with E-state index in [1.807, 2.05) is 36.4 Å². The van der Waals surface area contributed by atoms with Gasteiger partial charge in [-0.3, -0.25) is 4.79 Å². The van der Waals surface area contributed by atoms with Crippen molar-refractivity contribution in [2.45, 2.75) is 20.8 Å². The second kappa shape index (κ2) is 7.13. The fourth-order valence-corrected chi connectivity index (χ4v) is 2.48. The number of carbonyl (C=O) groups excluding carboxylic acids is 1. The van der Waals surface area contributed by atoms with Crippen LogP contribution < -0.4 is 10.6 Å². The first-order valence-corrected chi connectivity index (χ1v) is 8.06. The van der Waals surface area contributed by atoms with Gasteiger partial charge in [-0.05, 0) is 50.1 Å². The standard InChI is InChI=1S/C20H20N4O/c1-13-6-4-9-18(14(13)2)24-20-11-19(21-12-22-20)23-17-8-5-7-16(10-17)15(3)25/h4-12H,1-3H3,(H2,21,22,23,24). The van der Waals surface area contributed by atoms with E-state index in [9.17, 15) is 4.79 Å². The SMILES string of the molecule is CC(=O)c1cccc(Nc2cc(Nc3cccc(C)c3C)ncn2)c1. The van der Waals surface area contributed by atoms with Crippen molar-refractivity contribution in [2.75, 3.05) is 10.6 Å². The van der Waals surface area contributed by atoms with Crippen LogP contribution in [0.1, 0.15) is 28.4 Å². The largest absolute Gasteiger partial charge is 0.340 e. The maximum atomic E-state index is 11.5. The lowest BCUT2D eigenvalue weighted by Crippen LogP contribution is -2.01. The van der Waals surface area contributed by atoms with Crippen LogP contribution in [-0.2, 0) is 0 Å². The third-order valence-corrected chi connectivity index (χ3v) is 4.08. The Labute approximate surface area is 147 Å². The summed E-state index contributed by atoms with van der Waals surface area (Å²) in [5.74, 6) is 1.39. The predicted molar refractivity (Wildman–Crippen MR) is 101 cm³/mol. The van der Waals surface area contributed by atoms with Gasteiger partial charge in [-0.15, -0.1) is 0 Å². The number of Topliss-reactive ketones (excluding diaryl/α,β-unsaturated/α-hetero) is 1. The Kier molecular flexibility index (Phi) is 4.75. The quantitative estimate of drug-likeness (QED) is 0.658. The van der Waals surface area contributed by atoms with Crippen molar-refractivity contribution in [1.29, 1.82) is 0 Å². The number of hydrogen-bond donors (Lipinski definition) is 2. The summed E-state index contributed by atoms with van der Waals surface area (Å²) >= 11 is 0. The predicted octanol–water partition coefficient (Wildman–Crippen LogP) is 4.78. The average molecular weight is 332 g/mol. The van der Waals surface area contributed by atoms with Crippen LogP contribution >= 0.6 is 0 Å². The van der Waals surface area contributed by atoms with Crippen molar-refractivity contribution in [3.63, 3.8) is 0 Å². The molecule has 0 aliphatic rings. The van der Waals surface area contributed by atoms with E-state index in [-0.39, 0.29) is 5.78 Å². The monoisotopic (exact) mass is 332 g/mol. The molecule has 2 N–H and O–H groups in total. The van der Waals surface area contributed by atoms with E-state index < -0.39 is 0 Å². The van der Waals surface area contributed by atoms with Crippen LogP contribution in [0.3, 0.4) is 0 Å². The van der Waals surface area contributed by atoms with Crippen LogP contribution in [0.15, 0.2) is 54.9 Å². The lowest BCUT2D eigenvalue weighted by Gasteiger charge is -2.12. The number of carbonyl (C=O) groups is 1. The molecule has 126 valence electrons. The van der Waals surface area contributed by atoms with E-state index in [0.717, 1.165) is 11.4 Å². The molecule has 0 spiro atoms. The Hall–Kier alpha value is -3.21. The first-order valence-electron chi connectivity index (χ1n) is 8.06. The van der Waals surface area contributed by atoms with Gasteiger partial charge in [0.2, 0.25) is 0 Å². The minimum atomic E-state index is 0.0311. The van der Waals surface area contributed by atoms with Gasteiger partial charge in [-0.25, -0.2) is 9.97 Å². The zero-order chi connectivity index (χ0) is 17.8. The number of benzene rings is 2. The smallest absolute Gasteiger partial charge is 0.159 e. The molecular formula is C20H20N4O. The van der Waals surface area contributed by atoms with Gasteiger partial charge in [-0.1, -0.05) is 24.3 Å². The fraction of sp³-hybridized carbons (Fsp3) is 0.150. The lowest BCUT2D eigenvalue weighted by atomic mass is 10.1. The molecule has 1 aromatic heterocycles. The van der Waals surface area contributed by atoms with Crippen molar-refractivity contribution < 1.29 is 4.79 Å². The lowest BCUT2D eigenvalue weighted by molar-refractivity contribution is 0.101. The van der Waals surface area contributed by atoms with E-state index >= 15 is 0 Å².